The highest BCUT2D eigenvalue weighted by atomic mass is 16.5. The van der Waals surface area contributed by atoms with Crippen molar-refractivity contribution < 1.29 is 19.2 Å². The second-order valence-electron chi connectivity index (χ2n) is 3.49. The van der Waals surface area contributed by atoms with Crippen LogP contribution in [-0.2, 0) is 9.59 Å². The largest absolute Gasteiger partial charge is 0.480 e. The molecular weight excluding hydrogens is 202 g/mol. The highest BCUT2D eigenvalue weighted by molar-refractivity contribution is 6.10. The summed E-state index contributed by atoms with van der Waals surface area (Å²) in [6, 6.07) is -0.0648. The van der Waals surface area contributed by atoms with Crippen LogP contribution in [0.5, 0.6) is 0 Å². The topological polar surface area (TPSA) is 105 Å². The second-order valence-corrected chi connectivity index (χ2v) is 3.49. The lowest BCUT2D eigenvalue weighted by Gasteiger charge is -2.06. The van der Waals surface area contributed by atoms with Crippen LogP contribution in [0.1, 0.15) is 18.7 Å². The van der Waals surface area contributed by atoms with Crippen molar-refractivity contribution in [2.75, 3.05) is 5.32 Å². The number of nitrogens with zero attached hydrogens (tertiary/aromatic N) is 2. The van der Waals surface area contributed by atoms with Crippen LogP contribution in [0, 0.1) is 12.3 Å². The summed E-state index contributed by atoms with van der Waals surface area (Å²) in [6.45, 7) is 1.60. The van der Waals surface area contributed by atoms with Crippen LogP contribution in [0.25, 0.3) is 0 Å². The summed E-state index contributed by atoms with van der Waals surface area (Å²) in [7, 11) is 0. The van der Waals surface area contributed by atoms with E-state index in [1.807, 2.05) is 0 Å². The molecule has 1 aliphatic carbocycles. The van der Waals surface area contributed by atoms with Gasteiger partial charge in [0.2, 0.25) is 5.91 Å². The Morgan fingerprint density at radius 3 is 2.60 bits per heavy atom. The maximum Gasteiger partial charge on any atom is 0.328 e. The first-order valence-corrected chi connectivity index (χ1v) is 4.40. The molecule has 0 spiro atoms. The summed E-state index contributed by atoms with van der Waals surface area (Å²) in [4.78, 5) is 26.1. The lowest BCUT2D eigenvalue weighted by atomic mass is 10.1. The van der Waals surface area contributed by atoms with Crippen LogP contribution in [0.3, 0.4) is 0 Å². The molecular formula is C8H9N3O4. The minimum atomic E-state index is -1.29. The molecule has 0 atom stereocenters. The first-order valence-electron chi connectivity index (χ1n) is 4.40. The van der Waals surface area contributed by atoms with Gasteiger partial charge in [-0.3, -0.25) is 14.9 Å². The molecule has 7 nitrogen and oxygen atoms in total. The van der Waals surface area contributed by atoms with E-state index in [4.69, 9.17) is 5.11 Å². The summed E-state index contributed by atoms with van der Waals surface area (Å²) in [5.74, 6) is -1.33. The summed E-state index contributed by atoms with van der Waals surface area (Å²) in [5.41, 5.74) is -1.29. The monoisotopic (exact) mass is 211 g/mol. The molecule has 0 saturated heterocycles. The van der Waals surface area contributed by atoms with Crippen molar-refractivity contribution in [3.8, 4) is 0 Å². The van der Waals surface area contributed by atoms with Crippen molar-refractivity contribution >= 4 is 17.9 Å². The number of rotatable bonds is 3. The summed E-state index contributed by atoms with van der Waals surface area (Å²) in [6.07, 6.45) is 0.697. The molecule has 0 aromatic carbocycles. The molecule has 0 bridgehead atoms. The lowest BCUT2D eigenvalue weighted by molar-refractivity contribution is -0.147. The Labute approximate surface area is 84.5 Å². The Hall–Kier alpha value is -1.92. The van der Waals surface area contributed by atoms with Crippen LogP contribution in [0.2, 0.25) is 0 Å². The third-order valence-corrected chi connectivity index (χ3v) is 2.34. The average molecular weight is 211 g/mol. The van der Waals surface area contributed by atoms with Crippen molar-refractivity contribution in [2.24, 2.45) is 5.41 Å². The van der Waals surface area contributed by atoms with E-state index < -0.39 is 17.3 Å². The number of amides is 1. The van der Waals surface area contributed by atoms with E-state index in [9.17, 15) is 9.59 Å². The number of aliphatic carboxylic acids is 1. The van der Waals surface area contributed by atoms with Gasteiger partial charge in [0.15, 0.2) is 5.82 Å². The van der Waals surface area contributed by atoms with E-state index in [0.29, 0.717) is 18.7 Å². The maximum atomic E-state index is 11.5. The first-order chi connectivity index (χ1) is 7.04. The fourth-order valence-electron chi connectivity index (χ4n) is 1.23. The molecule has 80 valence electrons. The Balaban J connectivity index is 2.08. The van der Waals surface area contributed by atoms with Gasteiger partial charge in [0.1, 0.15) is 5.41 Å². The number of aryl methyl sites for hydroxylation is 1. The minimum absolute atomic E-state index is 0.0648. The molecule has 15 heavy (non-hydrogen) atoms. The average Bonchev–Trinajstić information content (AvgIpc) is 2.88. The maximum absolute atomic E-state index is 11.5. The molecule has 2 N–H and O–H groups in total. The number of aromatic nitrogens is 2. The Morgan fingerprint density at radius 1 is 1.53 bits per heavy atom. The van der Waals surface area contributed by atoms with Gasteiger partial charge in [-0.2, -0.15) is 4.98 Å². The molecule has 0 aliphatic heterocycles. The van der Waals surface area contributed by atoms with Crippen LogP contribution in [0.15, 0.2) is 4.52 Å². The van der Waals surface area contributed by atoms with Crippen LogP contribution in [-0.4, -0.2) is 27.1 Å². The SMILES string of the molecule is Cc1noc(NC(=O)C2(C(=O)O)CC2)n1. The molecule has 0 unspecified atom stereocenters. The number of carboxylic acid groups (broad SMARTS) is 1. The summed E-state index contributed by atoms with van der Waals surface area (Å²) < 4.78 is 4.65. The minimum Gasteiger partial charge on any atom is -0.480 e. The van der Waals surface area contributed by atoms with Gasteiger partial charge in [0, 0.05) is 0 Å². The van der Waals surface area contributed by atoms with Gasteiger partial charge in [-0.05, 0) is 19.8 Å². The van der Waals surface area contributed by atoms with E-state index in [1.165, 1.54) is 0 Å². The van der Waals surface area contributed by atoms with Crippen LogP contribution in [0.4, 0.5) is 6.01 Å². The molecule has 1 heterocycles. The molecule has 1 aliphatic rings. The number of carbonyl (C=O) groups excluding carboxylic acids is 1. The normalized spacial score (nSPS) is 17.1. The highest BCUT2D eigenvalue weighted by Gasteiger charge is 2.57. The van der Waals surface area contributed by atoms with E-state index in [1.54, 1.807) is 6.92 Å². The third kappa shape index (κ3) is 1.56. The molecule has 1 fully saturated rings. The smallest absolute Gasteiger partial charge is 0.328 e. The van der Waals surface area contributed by atoms with Crippen LogP contribution >= 0.6 is 0 Å². The number of anilines is 1. The van der Waals surface area contributed by atoms with E-state index in [2.05, 4.69) is 20.0 Å². The van der Waals surface area contributed by atoms with Crippen molar-refractivity contribution in [3.63, 3.8) is 0 Å². The second kappa shape index (κ2) is 3.04. The number of carboxylic acids is 1. The van der Waals surface area contributed by atoms with E-state index in [0.717, 1.165) is 0 Å². The predicted molar refractivity (Wildman–Crippen MR) is 47.0 cm³/mol. The molecule has 2 rings (SSSR count). The number of nitrogens with one attached hydrogen (secondary N) is 1. The number of carbonyl (C=O) groups is 2. The Morgan fingerprint density at radius 2 is 2.20 bits per heavy atom. The Kier molecular flexibility index (Phi) is 1.95. The van der Waals surface area contributed by atoms with Gasteiger partial charge in [0.25, 0.3) is 0 Å². The van der Waals surface area contributed by atoms with Crippen LogP contribution < -0.4 is 5.32 Å². The summed E-state index contributed by atoms with van der Waals surface area (Å²) >= 11 is 0. The molecule has 7 heteroatoms. The first kappa shape index (κ1) is 9.63. The molecule has 1 saturated carbocycles. The van der Waals surface area contributed by atoms with E-state index >= 15 is 0 Å². The van der Waals surface area contributed by atoms with Gasteiger partial charge in [-0.15, -0.1) is 0 Å². The number of hydrogen-bond acceptors (Lipinski definition) is 5. The van der Waals surface area contributed by atoms with Gasteiger partial charge < -0.3 is 9.63 Å². The van der Waals surface area contributed by atoms with Crippen molar-refractivity contribution in [1.82, 2.24) is 10.1 Å². The Bertz CT molecular complexity index is 421. The van der Waals surface area contributed by atoms with Gasteiger partial charge in [-0.25, -0.2) is 0 Å². The van der Waals surface area contributed by atoms with Crippen molar-refractivity contribution in [1.29, 1.82) is 0 Å². The molecule has 1 aromatic rings. The molecule has 1 aromatic heterocycles. The van der Waals surface area contributed by atoms with E-state index in [-0.39, 0.29) is 6.01 Å². The highest BCUT2D eigenvalue weighted by Crippen LogP contribution is 2.46. The lowest BCUT2D eigenvalue weighted by Crippen LogP contribution is -2.31. The van der Waals surface area contributed by atoms with Gasteiger partial charge in [0.05, 0.1) is 0 Å². The zero-order valence-corrected chi connectivity index (χ0v) is 7.98. The predicted octanol–water partition coefficient (Wildman–Crippen LogP) is 0.181. The van der Waals surface area contributed by atoms with Gasteiger partial charge >= 0.3 is 12.0 Å². The quantitative estimate of drug-likeness (QED) is 0.691. The van der Waals surface area contributed by atoms with Crippen molar-refractivity contribution in [3.05, 3.63) is 5.82 Å². The molecule has 1 amide bonds. The number of hydrogen-bond donors (Lipinski definition) is 2. The van der Waals surface area contributed by atoms with Crippen molar-refractivity contribution in [2.45, 2.75) is 19.8 Å². The zero-order chi connectivity index (χ0) is 11.1. The third-order valence-electron chi connectivity index (χ3n) is 2.34. The zero-order valence-electron chi connectivity index (χ0n) is 7.98. The fourth-order valence-corrected chi connectivity index (χ4v) is 1.23. The summed E-state index contributed by atoms with van der Waals surface area (Å²) in [5, 5.41) is 14.6. The van der Waals surface area contributed by atoms with Gasteiger partial charge in [-0.1, -0.05) is 5.16 Å². The molecule has 0 radical (unpaired) electrons. The standard InChI is InChI=1S/C8H9N3O4/c1-4-9-7(15-11-4)10-5(12)8(2-3-8)6(13)14/h2-3H2,1H3,(H,13,14)(H,9,10,11,12). The fraction of sp³-hybridized carbons (Fsp3) is 0.500.